The van der Waals surface area contributed by atoms with Gasteiger partial charge in [-0.05, 0) is 241 Å². The van der Waals surface area contributed by atoms with Gasteiger partial charge in [0.15, 0.2) is 0 Å². The highest BCUT2D eigenvalue weighted by Crippen LogP contribution is 2.39. The fourth-order valence-corrected chi connectivity index (χ4v) is 16.4. The average Bonchev–Trinajstić information content (AvgIpc) is 0.741. The molecular formula is C104H83ClO3. The minimum Gasteiger partial charge on any atom is -0.392 e. The zero-order valence-electron chi connectivity index (χ0n) is 60.8. The zero-order valence-corrected chi connectivity index (χ0v) is 61.6. The van der Waals surface area contributed by atoms with E-state index >= 15 is 0 Å². The van der Waals surface area contributed by atoms with Gasteiger partial charge in [0.2, 0.25) is 0 Å². The molecular weight excluding hydrogens is 1330 g/mol. The third-order valence-corrected chi connectivity index (χ3v) is 21.6. The van der Waals surface area contributed by atoms with E-state index in [9.17, 15) is 15.3 Å². The largest absolute Gasteiger partial charge is 0.392 e. The molecule has 20 aromatic carbocycles. The molecule has 0 saturated heterocycles. The van der Waals surface area contributed by atoms with Crippen LogP contribution in [-0.2, 0) is 38.5 Å². The summed E-state index contributed by atoms with van der Waals surface area (Å²) in [6, 6.07) is 125. The quantitative estimate of drug-likeness (QED) is 0.0615. The summed E-state index contributed by atoms with van der Waals surface area (Å²) in [7, 11) is 0. The Kier molecular flexibility index (Phi) is 21.8. The van der Waals surface area contributed by atoms with E-state index in [1.807, 2.05) is 78.9 Å². The van der Waals surface area contributed by atoms with Crippen molar-refractivity contribution in [3.8, 4) is 0 Å². The summed E-state index contributed by atoms with van der Waals surface area (Å²) in [5.41, 5.74) is 11.0. The van der Waals surface area contributed by atoms with Crippen molar-refractivity contribution in [2.24, 2.45) is 0 Å². The second-order valence-electron chi connectivity index (χ2n) is 27.5. The number of aliphatic hydroxyl groups excluding tert-OH is 3. The summed E-state index contributed by atoms with van der Waals surface area (Å²) in [6.07, 6.45) is 3.87. The molecule has 0 aromatic heterocycles. The third-order valence-electron chi connectivity index (χ3n) is 21.3. The van der Waals surface area contributed by atoms with Crippen molar-refractivity contribution < 1.29 is 15.3 Å². The van der Waals surface area contributed by atoms with Crippen LogP contribution in [0.1, 0.15) is 50.1 Å². The van der Waals surface area contributed by atoms with Gasteiger partial charge in [-0.1, -0.05) is 340 Å². The SMILES string of the molecule is C=CCc1c2ccccc2cc2ccccc12.Cc1c2ccccc2c(C)c2c1ccc1ccccc12.ClCc1c2ccccc2cc2ccccc12.OCc1c2ccccc2c(CO)c2ccccc12.OCc1c2ccccc2cc2ccccc12.c1ccc(Cc2c3ccccc3cc3ccccc23)cc1. The number of aliphatic hydroxyl groups is 3. The normalized spacial score (nSPS) is 11.1. The summed E-state index contributed by atoms with van der Waals surface area (Å²) in [5, 5.41) is 61.4. The maximum Gasteiger partial charge on any atom is 0.0693 e. The van der Waals surface area contributed by atoms with E-state index < -0.39 is 0 Å². The van der Waals surface area contributed by atoms with Crippen LogP contribution in [0.15, 0.2) is 371 Å². The van der Waals surface area contributed by atoms with Crippen LogP contribution in [0.4, 0.5) is 0 Å². The van der Waals surface area contributed by atoms with Crippen molar-refractivity contribution in [1.29, 1.82) is 0 Å². The van der Waals surface area contributed by atoms with Gasteiger partial charge in [0.25, 0.3) is 0 Å². The Morgan fingerprint density at radius 1 is 0.241 bits per heavy atom. The lowest BCUT2D eigenvalue weighted by Gasteiger charge is -2.14. The molecule has 0 atom stereocenters. The molecule has 0 heterocycles. The van der Waals surface area contributed by atoms with Gasteiger partial charge in [0, 0.05) is 5.88 Å². The molecule has 0 unspecified atom stereocenters. The van der Waals surface area contributed by atoms with Crippen LogP contribution in [0.25, 0.3) is 140 Å². The second-order valence-corrected chi connectivity index (χ2v) is 27.8. The van der Waals surface area contributed by atoms with Crippen molar-refractivity contribution in [2.45, 2.75) is 52.4 Å². The molecule has 3 nitrogen and oxygen atoms in total. The first-order valence-corrected chi connectivity index (χ1v) is 37.6. The van der Waals surface area contributed by atoms with E-state index in [1.54, 1.807) is 0 Å². The zero-order chi connectivity index (χ0) is 73.9. The van der Waals surface area contributed by atoms with E-state index in [0.717, 1.165) is 61.8 Å². The molecule has 4 heteroatoms. The van der Waals surface area contributed by atoms with Crippen molar-refractivity contribution in [3.05, 3.63) is 421 Å². The Morgan fingerprint density at radius 3 is 0.833 bits per heavy atom. The van der Waals surface area contributed by atoms with Gasteiger partial charge >= 0.3 is 0 Å². The molecule has 0 bridgehead atoms. The van der Waals surface area contributed by atoms with Crippen molar-refractivity contribution in [3.63, 3.8) is 0 Å². The van der Waals surface area contributed by atoms with Gasteiger partial charge in [0.05, 0.1) is 19.8 Å². The number of allylic oxidation sites excluding steroid dienone is 1. The van der Waals surface area contributed by atoms with Gasteiger partial charge in [-0.3, -0.25) is 0 Å². The van der Waals surface area contributed by atoms with Gasteiger partial charge in [-0.25, -0.2) is 0 Å². The Bertz CT molecular complexity index is 6220. The molecule has 0 radical (unpaired) electrons. The summed E-state index contributed by atoms with van der Waals surface area (Å²) < 4.78 is 0. The molecule has 0 spiro atoms. The highest BCUT2D eigenvalue weighted by Gasteiger charge is 2.15. The Balaban J connectivity index is 0.000000104. The lowest BCUT2D eigenvalue weighted by molar-refractivity contribution is 0.282. The van der Waals surface area contributed by atoms with E-state index in [0.29, 0.717) is 5.88 Å². The number of benzene rings is 20. The molecule has 0 saturated carbocycles. The smallest absolute Gasteiger partial charge is 0.0693 e. The van der Waals surface area contributed by atoms with Gasteiger partial charge in [0.1, 0.15) is 0 Å². The van der Waals surface area contributed by atoms with Crippen LogP contribution in [-0.4, -0.2) is 15.3 Å². The number of halogens is 1. The molecule has 0 aliphatic carbocycles. The fourth-order valence-electron chi connectivity index (χ4n) is 16.2. The predicted molar refractivity (Wildman–Crippen MR) is 466 cm³/mol. The molecule has 524 valence electrons. The first kappa shape index (κ1) is 71.3. The Morgan fingerprint density at radius 2 is 0.500 bits per heavy atom. The fraction of sp³-hybridized carbons (Fsp3) is 0.0769. The third kappa shape index (κ3) is 14.5. The summed E-state index contributed by atoms with van der Waals surface area (Å²) in [4.78, 5) is 0. The molecule has 0 amide bonds. The average molecular weight is 1420 g/mol. The highest BCUT2D eigenvalue weighted by molar-refractivity contribution is 6.20. The summed E-state index contributed by atoms with van der Waals surface area (Å²) in [6.45, 7) is 8.45. The van der Waals surface area contributed by atoms with E-state index in [2.05, 4.69) is 306 Å². The number of hydrogen-bond acceptors (Lipinski definition) is 3. The van der Waals surface area contributed by atoms with Crippen LogP contribution >= 0.6 is 11.6 Å². The van der Waals surface area contributed by atoms with Crippen LogP contribution < -0.4 is 0 Å². The van der Waals surface area contributed by atoms with E-state index in [-0.39, 0.29) is 19.8 Å². The lowest BCUT2D eigenvalue weighted by Crippen LogP contribution is -1.95. The number of fused-ring (bicyclic) bond motifs is 14. The van der Waals surface area contributed by atoms with Crippen molar-refractivity contribution in [2.75, 3.05) is 0 Å². The first-order valence-electron chi connectivity index (χ1n) is 37.1. The Hall–Kier alpha value is -12.3. The summed E-state index contributed by atoms with van der Waals surface area (Å²) >= 11 is 6.08. The van der Waals surface area contributed by atoms with Gasteiger partial charge in [-0.2, -0.15) is 0 Å². The Labute approximate surface area is 635 Å². The van der Waals surface area contributed by atoms with Crippen LogP contribution in [0.5, 0.6) is 0 Å². The minimum absolute atomic E-state index is 0.00668. The second kappa shape index (κ2) is 33.0. The maximum atomic E-state index is 9.63. The molecule has 0 aliphatic rings. The molecule has 108 heavy (non-hydrogen) atoms. The number of hydrogen-bond donors (Lipinski definition) is 3. The van der Waals surface area contributed by atoms with Gasteiger partial charge in [-0.15, -0.1) is 18.2 Å². The van der Waals surface area contributed by atoms with E-state index in [4.69, 9.17) is 11.6 Å². The van der Waals surface area contributed by atoms with Crippen LogP contribution in [0, 0.1) is 13.8 Å². The molecule has 0 aliphatic heterocycles. The topological polar surface area (TPSA) is 60.7 Å². The van der Waals surface area contributed by atoms with Gasteiger partial charge < -0.3 is 15.3 Å². The molecule has 3 N–H and O–H groups in total. The summed E-state index contributed by atoms with van der Waals surface area (Å²) in [5.74, 6) is 0.557. The van der Waals surface area contributed by atoms with Crippen molar-refractivity contribution in [1.82, 2.24) is 0 Å². The minimum atomic E-state index is 0.00668. The van der Waals surface area contributed by atoms with Crippen LogP contribution in [0.3, 0.4) is 0 Å². The number of aryl methyl sites for hydroxylation is 2. The highest BCUT2D eigenvalue weighted by atomic mass is 35.5. The maximum absolute atomic E-state index is 9.63. The number of rotatable bonds is 8. The van der Waals surface area contributed by atoms with Crippen molar-refractivity contribution >= 4 is 152 Å². The molecule has 0 fully saturated rings. The molecule has 20 aromatic rings. The number of alkyl halides is 1. The monoisotopic (exact) mass is 1410 g/mol. The standard InChI is InChI=1S/C21H16.C20H16.C17H14.C16H14O2.C15H11Cl.C15H12O/c1-2-8-16(9-3-1)14-21-19-12-6-4-10-17(19)15-18-11-5-7-13-20(18)21;1-13-16-8-5-6-9-17(16)14(2)20-18(13)12-11-15-7-3-4-10-19(15)20;1-2-7-17-15-10-5-3-8-13(15)12-14-9-4-6-11-16(14)17;17-9-15-11-5-1-2-6-12(11)16(10-18)14-8-4-3-7-13(14)15;2*16-10-15-13-7-3-1-5-11(13)9-12-6-2-4-8-14(12)15/h1-13,15H,14H2;3-12H,1-2H3;2-6,8-12H,1,7H2;1-8,17-18H,9-10H2;1-9H,10H2;1-9,16H,10H2. The first-order chi connectivity index (χ1) is 53.2. The molecule has 20 rings (SSSR count). The van der Waals surface area contributed by atoms with E-state index in [1.165, 1.54) is 141 Å². The predicted octanol–water partition coefficient (Wildman–Crippen LogP) is 27.3. The van der Waals surface area contributed by atoms with Crippen LogP contribution in [0.2, 0.25) is 0 Å². The lowest BCUT2D eigenvalue weighted by atomic mass is 9.90.